The van der Waals surface area contributed by atoms with Crippen molar-refractivity contribution in [3.63, 3.8) is 0 Å². The fraction of sp³-hybridized carbons (Fsp3) is 0.444. The first-order valence-electron chi connectivity index (χ1n) is 12.8. The molecule has 1 aliphatic rings. The van der Waals surface area contributed by atoms with Crippen LogP contribution in [0.15, 0.2) is 41.4 Å². The summed E-state index contributed by atoms with van der Waals surface area (Å²) >= 11 is 0. The van der Waals surface area contributed by atoms with Gasteiger partial charge in [0, 0.05) is 39.4 Å². The van der Waals surface area contributed by atoms with Crippen LogP contribution in [0.25, 0.3) is 5.65 Å². The lowest BCUT2D eigenvalue weighted by atomic mass is 10.0. The summed E-state index contributed by atoms with van der Waals surface area (Å²) in [5, 5.41) is 6.13. The van der Waals surface area contributed by atoms with Crippen LogP contribution < -0.4 is 15.4 Å². The number of benzene rings is 1. The maximum Gasteiger partial charge on any atom is 0.394 e. The van der Waals surface area contributed by atoms with E-state index in [1.54, 1.807) is 12.1 Å². The van der Waals surface area contributed by atoms with Crippen LogP contribution >= 0.6 is 0 Å². The van der Waals surface area contributed by atoms with Crippen LogP contribution in [0.1, 0.15) is 17.8 Å². The zero-order chi connectivity index (χ0) is 29.9. The van der Waals surface area contributed by atoms with Gasteiger partial charge in [0.05, 0.1) is 48.1 Å². The first-order valence-corrected chi connectivity index (χ1v) is 14.2. The van der Waals surface area contributed by atoms with Gasteiger partial charge in [-0.3, -0.25) is 0 Å². The number of aromatic nitrogens is 2. The van der Waals surface area contributed by atoms with Crippen molar-refractivity contribution >= 4 is 27.0 Å². The molecule has 41 heavy (non-hydrogen) atoms. The number of methoxy groups -OCH3 is 1. The Morgan fingerprint density at radius 1 is 1.22 bits per heavy atom. The molecule has 2 aromatic heterocycles. The van der Waals surface area contributed by atoms with Crippen LogP contribution in [-0.4, -0.2) is 93.3 Å². The number of rotatable bonds is 8. The van der Waals surface area contributed by atoms with Crippen molar-refractivity contribution in [2.45, 2.75) is 36.1 Å². The minimum Gasteiger partial charge on any atom is -0.495 e. The van der Waals surface area contributed by atoms with E-state index in [0.717, 1.165) is 4.31 Å². The van der Waals surface area contributed by atoms with Gasteiger partial charge in [-0.1, -0.05) is 5.92 Å². The van der Waals surface area contributed by atoms with Crippen LogP contribution in [0.2, 0.25) is 0 Å². The molecular weight excluding hydrogens is 564 g/mol. The molecule has 2 N–H and O–H groups in total. The average molecular weight is 597 g/mol. The van der Waals surface area contributed by atoms with Crippen molar-refractivity contribution in [1.29, 1.82) is 0 Å². The van der Waals surface area contributed by atoms with Crippen LogP contribution in [0.3, 0.4) is 0 Å². The van der Waals surface area contributed by atoms with Crippen molar-refractivity contribution in [3.8, 4) is 17.6 Å². The van der Waals surface area contributed by atoms with Gasteiger partial charge in [0.25, 0.3) is 0 Å². The summed E-state index contributed by atoms with van der Waals surface area (Å²) in [5.41, 5.74) is 0.944. The summed E-state index contributed by atoms with van der Waals surface area (Å²) in [4.78, 5) is 6.34. The van der Waals surface area contributed by atoms with E-state index in [4.69, 9.17) is 4.74 Å². The number of imidazole rings is 1. The van der Waals surface area contributed by atoms with Crippen molar-refractivity contribution in [3.05, 3.63) is 47.9 Å². The Bertz CT molecular complexity index is 1560. The minimum absolute atomic E-state index is 0.0136. The van der Waals surface area contributed by atoms with Crippen molar-refractivity contribution in [2.24, 2.45) is 0 Å². The molecule has 1 fully saturated rings. The number of hydrogen-bond acceptors (Lipinski definition) is 7. The van der Waals surface area contributed by atoms with Crippen molar-refractivity contribution in [2.75, 3.05) is 58.5 Å². The largest absolute Gasteiger partial charge is 0.495 e. The van der Waals surface area contributed by atoms with Gasteiger partial charge < -0.3 is 24.7 Å². The molecule has 3 aromatic rings. The van der Waals surface area contributed by atoms with Crippen LogP contribution in [0.4, 0.5) is 28.9 Å². The number of hydrogen-bond donors (Lipinski definition) is 2. The second-order valence-electron chi connectivity index (χ2n) is 9.94. The third-order valence-electron chi connectivity index (χ3n) is 6.73. The fourth-order valence-corrected chi connectivity index (χ4v) is 5.48. The number of likely N-dealkylation sites (tertiary alicyclic amines) is 1. The molecular formula is C27H32F4N6O3S. The SMILES string of the molecule is COc1cc(S(=O)(=O)N(C)C)ccc1NCC#Cc1nc2c(N[C@@H]3CCN(C)C[C@@H]3F)cccn2c1CC(F)(F)F. The van der Waals surface area contributed by atoms with E-state index < -0.39 is 34.8 Å². The van der Waals surface area contributed by atoms with E-state index in [1.807, 2.05) is 11.9 Å². The second-order valence-corrected chi connectivity index (χ2v) is 12.1. The molecule has 0 saturated carbocycles. The van der Waals surface area contributed by atoms with Gasteiger partial charge >= 0.3 is 6.18 Å². The number of halogens is 4. The van der Waals surface area contributed by atoms with Gasteiger partial charge in [-0.15, -0.1) is 0 Å². The number of anilines is 2. The highest BCUT2D eigenvalue weighted by Crippen LogP contribution is 2.30. The van der Waals surface area contributed by atoms with E-state index >= 15 is 0 Å². The smallest absolute Gasteiger partial charge is 0.394 e. The molecule has 0 bridgehead atoms. The Hall–Kier alpha value is -3.54. The molecule has 4 rings (SSSR count). The van der Waals surface area contributed by atoms with E-state index in [2.05, 4.69) is 27.5 Å². The molecule has 9 nitrogen and oxygen atoms in total. The summed E-state index contributed by atoms with van der Waals surface area (Å²) < 4.78 is 87.8. The maximum absolute atomic E-state index is 14.7. The second kappa shape index (κ2) is 12.1. The number of nitrogens with one attached hydrogen (secondary N) is 2. The quantitative estimate of drug-likeness (QED) is 0.303. The lowest BCUT2D eigenvalue weighted by Gasteiger charge is -2.33. The highest BCUT2D eigenvalue weighted by molar-refractivity contribution is 7.89. The van der Waals surface area contributed by atoms with E-state index in [9.17, 15) is 26.0 Å². The van der Waals surface area contributed by atoms with Gasteiger partial charge in [-0.2, -0.15) is 13.2 Å². The maximum atomic E-state index is 14.7. The summed E-state index contributed by atoms with van der Waals surface area (Å²) in [5.74, 6) is 5.79. The Kier molecular flexibility index (Phi) is 9.00. The Morgan fingerprint density at radius 2 is 1.98 bits per heavy atom. The normalized spacial score (nSPS) is 18.3. The van der Waals surface area contributed by atoms with Crippen molar-refractivity contribution < 1.29 is 30.7 Å². The van der Waals surface area contributed by atoms with Gasteiger partial charge in [0.1, 0.15) is 17.6 Å². The number of ether oxygens (including phenoxy) is 1. The highest BCUT2D eigenvalue weighted by Gasteiger charge is 2.32. The van der Waals surface area contributed by atoms with Gasteiger partial charge in [0.15, 0.2) is 5.65 Å². The fourth-order valence-electron chi connectivity index (χ4n) is 4.56. The molecule has 0 radical (unpaired) electrons. The molecule has 0 amide bonds. The molecule has 0 spiro atoms. The molecule has 14 heteroatoms. The van der Waals surface area contributed by atoms with Crippen LogP contribution in [0.5, 0.6) is 5.75 Å². The third-order valence-corrected chi connectivity index (χ3v) is 8.54. The van der Waals surface area contributed by atoms with Crippen molar-refractivity contribution in [1.82, 2.24) is 18.6 Å². The Morgan fingerprint density at radius 3 is 2.63 bits per heavy atom. The lowest BCUT2D eigenvalue weighted by molar-refractivity contribution is -0.128. The number of nitrogens with zero attached hydrogens (tertiary/aromatic N) is 4. The number of piperidine rings is 1. The molecule has 222 valence electrons. The molecule has 0 aliphatic carbocycles. The third kappa shape index (κ3) is 7.03. The number of pyridine rings is 1. The lowest BCUT2D eigenvalue weighted by Crippen LogP contribution is -2.46. The van der Waals surface area contributed by atoms with Crippen LogP contribution in [0, 0.1) is 11.8 Å². The molecule has 3 heterocycles. The standard InChI is InChI=1S/C27H32F4N6O3S/c1-35(2)41(38,39)18-9-10-22(25(15-18)40-4)32-12-5-7-21-24(16-27(29,30)31)37-13-6-8-23(26(37)34-21)33-20-11-14-36(3)17-19(20)28/h6,8-10,13,15,19-20,32-33H,11-12,14,16-17H2,1-4H3/t19-,20+/m0/s1. The first kappa shape index (κ1) is 30.4. The number of sulfonamides is 1. The molecule has 1 aromatic carbocycles. The Labute approximate surface area is 236 Å². The van der Waals surface area contributed by atoms with E-state index in [0.29, 0.717) is 24.3 Å². The van der Waals surface area contributed by atoms with E-state index in [1.165, 1.54) is 50.0 Å². The van der Waals surface area contributed by atoms with E-state index in [-0.39, 0.29) is 40.8 Å². The molecule has 2 atom stereocenters. The summed E-state index contributed by atoms with van der Waals surface area (Å²) in [6.07, 6.45) is -4.87. The zero-order valence-corrected chi connectivity index (χ0v) is 23.9. The van der Waals surface area contributed by atoms with Gasteiger partial charge in [-0.05, 0) is 43.7 Å². The van der Waals surface area contributed by atoms with Gasteiger partial charge in [0.2, 0.25) is 10.0 Å². The topological polar surface area (TPSA) is 91.2 Å². The van der Waals surface area contributed by atoms with Crippen LogP contribution in [-0.2, 0) is 16.4 Å². The number of fused-ring (bicyclic) bond motifs is 1. The first-order chi connectivity index (χ1) is 19.3. The highest BCUT2D eigenvalue weighted by atomic mass is 32.2. The minimum atomic E-state index is -4.51. The predicted octanol–water partition coefficient (Wildman–Crippen LogP) is 3.62. The number of alkyl halides is 4. The van der Waals surface area contributed by atoms with Gasteiger partial charge in [-0.25, -0.2) is 22.1 Å². The Balaban J connectivity index is 1.60. The molecule has 0 unspecified atom stereocenters. The predicted molar refractivity (Wildman–Crippen MR) is 149 cm³/mol. The zero-order valence-electron chi connectivity index (χ0n) is 23.1. The average Bonchev–Trinajstić information content (AvgIpc) is 3.24. The molecule has 1 saturated heterocycles. The summed E-state index contributed by atoms with van der Waals surface area (Å²) in [7, 11) is 2.39. The summed E-state index contributed by atoms with van der Waals surface area (Å²) in [6.45, 7) is 0.967. The summed E-state index contributed by atoms with van der Waals surface area (Å²) in [6, 6.07) is 7.07. The molecule has 1 aliphatic heterocycles. The monoisotopic (exact) mass is 596 g/mol.